The van der Waals surface area contributed by atoms with Crippen molar-refractivity contribution in [3.63, 3.8) is 0 Å². The summed E-state index contributed by atoms with van der Waals surface area (Å²) in [6.45, 7) is 1.21. The van der Waals surface area contributed by atoms with Crippen LogP contribution < -0.4 is 10.1 Å². The number of halogens is 10. The van der Waals surface area contributed by atoms with Gasteiger partial charge < -0.3 is 10.1 Å². The molecule has 1 N–H and O–H groups in total. The molecule has 0 aromatic heterocycles. The first-order valence-corrected chi connectivity index (χ1v) is 8.42. The summed E-state index contributed by atoms with van der Waals surface area (Å²) in [5.41, 5.74) is -1.02. The Hall–Kier alpha value is -1.82. The van der Waals surface area contributed by atoms with Crippen LogP contribution in [0.15, 0.2) is 24.3 Å². The fourth-order valence-electron chi connectivity index (χ4n) is 3.21. The summed E-state index contributed by atoms with van der Waals surface area (Å²) in [6.07, 6.45) is -4.94. The lowest BCUT2D eigenvalue weighted by Crippen LogP contribution is -2.46. The monoisotopic (exact) mass is 498 g/mol. The zero-order valence-electron chi connectivity index (χ0n) is 15.4. The third-order valence-electron chi connectivity index (χ3n) is 4.46. The zero-order valence-corrected chi connectivity index (χ0v) is 17.0. The number of hydrogen-bond donors (Lipinski definition) is 1. The minimum Gasteiger partial charge on any atom is -0.406 e. The fourth-order valence-corrected chi connectivity index (χ4v) is 3.21. The molecule has 3 nitrogen and oxygen atoms in total. The van der Waals surface area contributed by atoms with Crippen molar-refractivity contribution in [1.82, 2.24) is 10.2 Å². The minimum absolute atomic E-state index is 0. The molecular formula is C18H16Cl2F8N2O. The maximum Gasteiger partial charge on any atom is 0.573 e. The predicted octanol–water partition coefficient (Wildman–Crippen LogP) is 5.12. The number of rotatable bonds is 4. The van der Waals surface area contributed by atoms with Crippen LogP contribution >= 0.6 is 24.8 Å². The van der Waals surface area contributed by atoms with E-state index in [2.05, 4.69) is 10.1 Å². The molecule has 0 saturated carbocycles. The average Bonchev–Trinajstić information content (AvgIpc) is 2.68. The SMILES string of the molecule is Cl.Cl.Fc1c(F)c(F)c([C@H](c2ccc(OC(F)(F)F)cc2)N2CCNCC2)c(F)c1F. The molecule has 1 aliphatic heterocycles. The van der Waals surface area contributed by atoms with E-state index in [4.69, 9.17) is 0 Å². The molecule has 13 heteroatoms. The van der Waals surface area contributed by atoms with E-state index in [9.17, 15) is 35.1 Å². The van der Waals surface area contributed by atoms with Gasteiger partial charge in [0.1, 0.15) is 5.75 Å². The maximum atomic E-state index is 14.5. The Labute approximate surface area is 184 Å². The highest BCUT2D eigenvalue weighted by Gasteiger charge is 2.35. The molecule has 0 unspecified atom stereocenters. The summed E-state index contributed by atoms with van der Waals surface area (Å²) in [6, 6.07) is 2.59. The van der Waals surface area contributed by atoms with E-state index in [1.165, 1.54) is 4.90 Å². The van der Waals surface area contributed by atoms with Crippen LogP contribution in [0, 0.1) is 29.1 Å². The van der Waals surface area contributed by atoms with Crippen molar-refractivity contribution in [3.05, 3.63) is 64.5 Å². The van der Waals surface area contributed by atoms with Crippen LogP contribution in [-0.4, -0.2) is 37.4 Å². The largest absolute Gasteiger partial charge is 0.573 e. The summed E-state index contributed by atoms with van der Waals surface area (Å²) in [5, 5.41) is 2.99. The number of nitrogens with one attached hydrogen (secondary N) is 1. The lowest BCUT2D eigenvalue weighted by atomic mass is 9.94. The summed E-state index contributed by atoms with van der Waals surface area (Å²) in [4.78, 5) is 1.48. The van der Waals surface area contributed by atoms with Gasteiger partial charge in [0, 0.05) is 26.2 Å². The number of hydrogen-bond acceptors (Lipinski definition) is 3. The van der Waals surface area contributed by atoms with Gasteiger partial charge in [-0.2, -0.15) is 0 Å². The first kappa shape index (κ1) is 27.2. The van der Waals surface area contributed by atoms with Gasteiger partial charge in [0.2, 0.25) is 5.82 Å². The molecule has 1 fully saturated rings. The van der Waals surface area contributed by atoms with Gasteiger partial charge in [0.25, 0.3) is 0 Å². The first-order chi connectivity index (χ1) is 13.6. The molecule has 3 rings (SSSR count). The summed E-state index contributed by atoms with van der Waals surface area (Å²) in [7, 11) is 0. The standard InChI is InChI=1S/C18H14F8N2O.2ClH/c19-12-11(13(20)15(22)16(23)14(12)21)17(28-7-5-27-6-8-28)9-1-3-10(4-2-9)29-18(24,25)26;;/h1-4,17,27H,5-8H2;2*1H/t17-;;/m0../s1. The minimum atomic E-state index is -4.94. The average molecular weight is 499 g/mol. The van der Waals surface area contributed by atoms with Crippen LogP contribution in [0.1, 0.15) is 17.2 Å². The molecule has 1 aliphatic rings. The predicted molar refractivity (Wildman–Crippen MR) is 100 cm³/mol. The van der Waals surface area contributed by atoms with E-state index in [0.29, 0.717) is 13.1 Å². The number of nitrogens with zero attached hydrogens (tertiary/aromatic N) is 1. The Morgan fingerprint density at radius 2 is 1.23 bits per heavy atom. The molecule has 2 aromatic rings. The van der Waals surface area contributed by atoms with Crippen LogP contribution in [0.25, 0.3) is 0 Å². The molecule has 1 saturated heterocycles. The van der Waals surface area contributed by atoms with Crippen LogP contribution in [0.3, 0.4) is 0 Å². The summed E-state index contributed by atoms with van der Waals surface area (Å²) < 4.78 is 111. The molecule has 1 heterocycles. The third kappa shape index (κ3) is 5.91. The van der Waals surface area contributed by atoms with Crippen molar-refractivity contribution >= 4 is 24.8 Å². The fraction of sp³-hybridized carbons (Fsp3) is 0.333. The van der Waals surface area contributed by atoms with Gasteiger partial charge in [-0.25, -0.2) is 22.0 Å². The van der Waals surface area contributed by atoms with Crippen molar-refractivity contribution in [2.45, 2.75) is 12.4 Å². The molecule has 0 radical (unpaired) electrons. The molecular weight excluding hydrogens is 483 g/mol. The zero-order chi connectivity index (χ0) is 21.3. The van der Waals surface area contributed by atoms with Crippen molar-refractivity contribution in [3.8, 4) is 5.75 Å². The lowest BCUT2D eigenvalue weighted by Gasteiger charge is -2.36. The van der Waals surface area contributed by atoms with Crippen LogP contribution in [-0.2, 0) is 0 Å². The van der Waals surface area contributed by atoms with E-state index < -0.39 is 52.8 Å². The van der Waals surface area contributed by atoms with Crippen LogP contribution in [0.2, 0.25) is 0 Å². The Morgan fingerprint density at radius 1 is 0.774 bits per heavy atom. The normalized spacial score (nSPS) is 15.6. The lowest BCUT2D eigenvalue weighted by molar-refractivity contribution is -0.274. The van der Waals surface area contributed by atoms with Crippen molar-refractivity contribution in [2.24, 2.45) is 0 Å². The van der Waals surface area contributed by atoms with Gasteiger partial charge in [0.15, 0.2) is 23.3 Å². The number of piperazine rings is 1. The van der Waals surface area contributed by atoms with Gasteiger partial charge >= 0.3 is 6.36 Å². The second kappa shape index (κ2) is 10.7. The Balaban J connectivity index is 0.00000240. The molecule has 31 heavy (non-hydrogen) atoms. The maximum absolute atomic E-state index is 14.5. The topological polar surface area (TPSA) is 24.5 Å². The van der Waals surface area contributed by atoms with Crippen molar-refractivity contribution < 1.29 is 39.9 Å². The highest BCUT2D eigenvalue weighted by atomic mass is 35.5. The van der Waals surface area contributed by atoms with Gasteiger partial charge in [-0.15, -0.1) is 38.0 Å². The Morgan fingerprint density at radius 3 is 1.68 bits per heavy atom. The van der Waals surface area contributed by atoms with E-state index in [1.807, 2.05) is 0 Å². The summed E-state index contributed by atoms with van der Waals surface area (Å²) >= 11 is 0. The molecule has 0 amide bonds. The highest BCUT2D eigenvalue weighted by Crippen LogP contribution is 2.36. The first-order valence-electron chi connectivity index (χ1n) is 8.42. The smallest absolute Gasteiger partial charge is 0.406 e. The van der Waals surface area contributed by atoms with Gasteiger partial charge in [-0.1, -0.05) is 12.1 Å². The molecule has 2 aromatic carbocycles. The van der Waals surface area contributed by atoms with Crippen molar-refractivity contribution in [1.29, 1.82) is 0 Å². The second-order valence-corrected chi connectivity index (χ2v) is 6.29. The van der Waals surface area contributed by atoms with E-state index in [0.717, 1.165) is 24.3 Å². The summed E-state index contributed by atoms with van der Waals surface area (Å²) in [5.74, 6) is -11.0. The van der Waals surface area contributed by atoms with Gasteiger partial charge in [0.05, 0.1) is 11.6 Å². The second-order valence-electron chi connectivity index (χ2n) is 6.29. The highest BCUT2D eigenvalue weighted by molar-refractivity contribution is 5.85. The third-order valence-corrected chi connectivity index (χ3v) is 4.46. The van der Waals surface area contributed by atoms with Crippen LogP contribution in [0.5, 0.6) is 5.75 Å². The van der Waals surface area contributed by atoms with Gasteiger partial charge in [-0.3, -0.25) is 4.90 Å². The quantitative estimate of drug-likeness (QED) is 0.359. The Kier molecular flexibility index (Phi) is 9.36. The number of ether oxygens (including phenoxy) is 1. The van der Waals surface area contributed by atoms with Crippen LogP contribution in [0.4, 0.5) is 35.1 Å². The molecule has 174 valence electrons. The van der Waals surface area contributed by atoms with E-state index in [-0.39, 0.29) is 43.5 Å². The molecule has 0 spiro atoms. The van der Waals surface area contributed by atoms with Crippen molar-refractivity contribution in [2.75, 3.05) is 26.2 Å². The molecule has 0 aliphatic carbocycles. The molecule has 0 bridgehead atoms. The van der Waals surface area contributed by atoms with E-state index in [1.54, 1.807) is 0 Å². The van der Waals surface area contributed by atoms with E-state index >= 15 is 0 Å². The number of alkyl halides is 3. The number of benzene rings is 2. The molecule has 1 atom stereocenters. The van der Waals surface area contributed by atoms with Gasteiger partial charge in [-0.05, 0) is 17.7 Å². The Bertz CT molecular complexity index is 861.